The Morgan fingerprint density at radius 1 is 1.12 bits per heavy atom. The van der Waals surface area contributed by atoms with Crippen molar-refractivity contribution in [3.8, 4) is 5.75 Å². The second-order valence-electron chi connectivity index (χ2n) is 10.4. The van der Waals surface area contributed by atoms with Crippen molar-refractivity contribution >= 4 is 11.8 Å². The maximum absolute atomic E-state index is 13.0. The number of nitrogens with one attached hydrogen (secondary N) is 2. The maximum Gasteiger partial charge on any atom is 0.255 e. The molecule has 2 heterocycles. The molecule has 184 valence electrons. The van der Waals surface area contributed by atoms with Gasteiger partial charge < -0.3 is 25.0 Å². The Bertz CT molecular complexity index is 940. The Labute approximate surface area is 202 Å². The number of hydrogen-bond donors (Lipinski definition) is 2. The van der Waals surface area contributed by atoms with E-state index < -0.39 is 6.04 Å². The molecular weight excluding hydrogens is 430 g/mol. The summed E-state index contributed by atoms with van der Waals surface area (Å²) in [6, 6.07) is 5.69. The fourth-order valence-electron chi connectivity index (χ4n) is 6.07. The van der Waals surface area contributed by atoms with Gasteiger partial charge in [-0.05, 0) is 94.0 Å². The zero-order valence-corrected chi connectivity index (χ0v) is 20.2. The van der Waals surface area contributed by atoms with Crippen LogP contribution >= 0.6 is 0 Å². The van der Waals surface area contributed by atoms with Crippen molar-refractivity contribution < 1.29 is 19.1 Å². The van der Waals surface area contributed by atoms with Crippen molar-refractivity contribution in [3.63, 3.8) is 0 Å². The van der Waals surface area contributed by atoms with Crippen molar-refractivity contribution in [3.05, 3.63) is 41.6 Å². The van der Waals surface area contributed by atoms with E-state index in [0.717, 1.165) is 61.6 Å². The summed E-state index contributed by atoms with van der Waals surface area (Å²) in [5, 5.41) is 6.59. The van der Waals surface area contributed by atoms with Gasteiger partial charge in [-0.25, -0.2) is 0 Å². The largest absolute Gasteiger partial charge is 0.489 e. The first-order valence-corrected chi connectivity index (χ1v) is 12.9. The quantitative estimate of drug-likeness (QED) is 0.641. The van der Waals surface area contributed by atoms with Crippen molar-refractivity contribution in [2.45, 2.75) is 88.6 Å². The van der Waals surface area contributed by atoms with Gasteiger partial charge in [-0.3, -0.25) is 9.59 Å². The summed E-state index contributed by atoms with van der Waals surface area (Å²) < 4.78 is 11.9. The van der Waals surface area contributed by atoms with E-state index in [1.165, 1.54) is 12.8 Å². The highest BCUT2D eigenvalue weighted by Crippen LogP contribution is 2.33. The molecule has 7 nitrogen and oxygen atoms in total. The molecule has 2 amide bonds. The van der Waals surface area contributed by atoms with Crippen LogP contribution in [0.4, 0.5) is 0 Å². The number of methoxy groups -OCH3 is 1. The van der Waals surface area contributed by atoms with Gasteiger partial charge in [0.25, 0.3) is 5.91 Å². The summed E-state index contributed by atoms with van der Waals surface area (Å²) >= 11 is 0. The molecular formula is C27H37N3O4. The number of ether oxygens (including phenoxy) is 2. The lowest BCUT2D eigenvalue weighted by Crippen LogP contribution is -2.49. The van der Waals surface area contributed by atoms with E-state index in [2.05, 4.69) is 17.2 Å². The van der Waals surface area contributed by atoms with Crippen molar-refractivity contribution in [2.24, 2.45) is 5.92 Å². The number of fused-ring (bicyclic) bond motifs is 1. The minimum absolute atomic E-state index is 0.0715. The molecule has 2 saturated carbocycles. The Hall–Kier alpha value is -2.38. The van der Waals surface area contributed by atoms with Crippen LogP contribution in [0.15, 0.2) is 30.5 Å². The lowest BCUT2D eigenvalue weighted by atomic mass is 9.87. The second-order valence-corrected chi connectivity index (χ2v) is 10.4. The molecule has 1 unspecified atom stereocenters. The first-order chi connectivity index (χ1) is 16.5. The minimum atomic E-state index is -0.433. The summed E-state index contributed by atoms with van der Waals surface area (Å²) in [5.41, 5.74) is 2.35. The van der Waals surface area contributed by atoms with E-state index in [9.17, 15) is 9.59 Å². The predicted molar refractivity (Wildman–Crippen MR) is 129 cm³/mol. The number of carbonyl (C=O) groups is 2. The average molecular weight is 468 g/mol. The molecule has 0 radical (unpaired) electrons. The number of nitrogens with zero attached hydrogens (tertiary/aromatic N) is 1. The molecule has 4 aliphatic rings. The summed E-state index contributed by atoms with van der Waals surface area (Å²) in [6.45, 7) is 5.33. The van der Waals surface area contributed by atoms with E-state index in [1.807, 2.05) is 25.3 Å². The van der Waals surface area contributed by atoms with Gasteiger partial charge in [-0.2, -0.15) is 0 Å². The first-order valence-electron chi connectivity index (χ1n) is 12.9. The third-order valence-electron chi connectivity index (χ3n) is 8.14. The molecule has 0 aromatic heterocycles. The van der Waals surface area contributed by atoms with Gasteiger partial charge >= 0.3 is 0 Å². The number of benzene rings is 1. The van der Waals surface area contributed by atoms with Gasteiger partial charge in [-0.15, -0.1) is 0 Å². The molecule has 2 N–H and O–H groups in total. The highest BCUT2D eigenvalue weighted by Gasteiger charge is 2.38. The second kappa shape index (κ2) is 10.1. The van der Waals surface area contributed by atoms with Crippen LogP contribution in [0.2, 0.25) is 0 Å². The van der Waals surface area contributed by atoms with Gasteiger partial charge in [0.1, 0.15) is 17.9 Å². The summed E-state index contributed by atoms with van der Waals surface area (Å²) in [6.07, 6.45) is 10.0. The van der Waals surface area contributed by atoms with Crippen LogP contribution < -0.4 is 15.4 Å². The minimum Gasteiger partial charge on any atom is -0.489 e. The zero-order valence-electron chi connectivity index (χ0n) is 20.2. The third-order valence-corrected chi connectivity index (χ3v) is 8.14. The molecule has 2 aliphatic heterocycles. The predicted octanol–water partition coefficient (Wildman–Crippen LogP) is 3.53. The third kappa shape index (κ3) is 4.86. The van der Waals surface area contributed by atoms with Crippen LogP contribution in [0.1, 0.15) is 73.7 Å². The van der Waals surface area contributed by atoms with Crippen LogP contribution in [-0.2, 0) is 16.1 Å². The first kappa shape index (κ1) is 23.4. The van der Waals surface area contributed by atoms with Crippen LogP contribution in [0.5, 0.6) is 5.75 Å². The Morgan fingerprint density at radius 2 is 1.94 bits per heavy atom. The Morgan fingerprint density at radius 3 is 2.71 bits per heavy atom. The lowest BCUT2D eigenvalue weighted by Gasteiger charge is -2.30. The van der Waals surface area contributed by atoms with E-state index >= 15 is 0 Å². The Balaban J connectivity index is 1.17. The highest BCUT2D eigenvalue weighted by molar-refractivity contribution is 6.01. The standard InChI is InChI=1S/C27H37N3O4/c1-17-6-13-24(26(31)29-17)30-16-19-14-21(11-12-22(19)27(30)32)34-25-5-3-4-23(25)28-15-18-7-9-20(33-2)10-8-18/h11-12,14,18,20,23-25,28H,1,3-10,13,15-16H2,2H3,(H,29,31)/t18?,20?,23-,24?,25+/m0/s1. The van der Waals surface area contributed by atoms with E-state index in [0.29, 0.717) is 37.1 Å². The van der Waals surface area contributed by atoms with Crippen molar-refractivity contribution in [1.29, 1.82) is 0 Å². The molecule has 1 aromatic rings. The van der Waals surface area contributed by atoms with E-state index in [1.54, 1.807) is 4.90 Å². The van der Waals surface area contributed by atoms with Gasteiger partial charge in [-0.1, -0.05) is 6.58 Å². The summed E-state index contributed by atoms with van der Waals surface area (Å²) in [4.78, 5) is 27.1. The van der Waals surface area contributed by atoms with Gasteiger partial charge in [0.2, 0.25) is 5.91 Å². The molecule has 1 aromatic carbocycles. The van der Waals surface area contributed by atoms with Gasteiger partial charge in [0.15, 0.2) is 0 Å². The van der Waals surface area contributed by atoms with Crippen LogP contribution in [-0.4, -0.2) is 54.7 Å². The lowest BCUT2D eigenvalue weighted by molar-refractivity contribution is -0.126. The number of rotatable bonds is 7. The van der Waals surface area contributed by atoms with Crippen molar-refractivity contribution in [1.82, 2.24) is 15.5 Å². The molecule has 1 saturated heterocycles. The molecule has 7 heteroatoms. The van der Waals surface area contributed by atoms with Crippen LogP contribution in [0.3, 0.4) is 0 Å². The number of carbonyl (C=O) groups excluding carboxylic acids is 2. The number of allylic oxidation sites excluding steroid dienone is 1. The molecule has 0 bridgehead atoms. The molecule has 5 rings (SSSR count). The SMILES string of the molecule is C=C1CCC(N2Cc3cc(O[C@@H]4CCC[C@@H]4NCC4CCC(OC)CC4)ccc3C2=O)C(=O)N1. The van der Waals surface area contributed by atoms with Crippen LogP contribution in [0, 0.1) is 5.92 Å². The normalized spacial score (nSPS) is 31.5. The summed E-state index contributed by atoms with van der Waals surface area (Å²) in [7, 11) is 1.82. The topological polar surface area (TPSA) is 79.9 Å². The van der Waals surface area contributed by atoms with Crippen molar-refractivity contribution in [2.75, 3.05) is 13.7 Å². The maximum atomic E-state index is 13.0. The zero-order chi connectivity index (χ0) is 23.7. The monoisotopic (exact) mass is 467 g/mol. The van der Waals surface area contributed by atoms with Gasteiger partial charge in [0.05, 0.1) is 6.10 Å². The number of piperidine rings is 1. The molecule has 3 atom stereocenters. The van der Waals surface area contributed by atoms with Crippen LogP contribution in [0.25, 0.3) is 0 Å². The Kier molecular flexibility index (Phi) is 6.93. The smallest absolute Gasteiger partial charge is 0.255 e. The van der Waals surface area contributed by atoms with E-state index in [-0.39, 0.29) is 17.9 Å². The molecule has 34 heavy (non-hydrogen) atoms. The fourth-order valence-corrected chi connectivity index (χ4v) is 6.07. The number of amides is 2. The van der Waals surface area contributed by atoms with Gasteiger partial charge in [0, 0.05) is 31.0 Å². The fraction of sp³-hybridized carbons (Fsp3) is 0.630. The van der Waals surface area contributed by atoms with E-state index in [4.69, 9.17) is 9.47 Å². The molecule has 3 fully saturated rings. The highest BCUT2D eigenvalue weighted by atomic mass is 16.5. The molecule has 2 aliphatic carbocycles. The molecule has 0 spiro atoms. The number of hydrogen-bond acceptors (Lipinski definition) is 5. The average Bonchev–Trinajstić information content (AvgIpc) is 3.41. The summed E-state index contributed by atoms with van der Waals surface area (Å²) in [5.74, 6) is 1.33.